The normalized spacial score (nSPS) is 12.2. The first kappa shape index (κ1) is 22.9. The van der Waals surface area contributed by atoms with Gasteiger partial charge in [-0.2, -0.15) is 0 Å². The van der Waals surface area contributed by atoms with E-state index in [2.05, 4.69) is 61.0 Å². The van der Waals surface area contributed by atoms with Crippen LogP contribution in [0.15, 0.2) is 27.7 Å². The van der Waals surface area contributed by atoms with Crippen LogP contribution in [-0.2, 0) is 12.8 Å². The molecule has 0 saturated carbocycles. The largest absolute Gasteiger partial charge is 0.288 e. The second-order valence-electron chi connectivity index (χ2n) is 7.44. The summed E-state index contributed by atoms with van der Waals surface area (Å²) in [5.41, 5.74) is 2.87. The van der Waals surface area contributed by atoms with Gasteiger partial charge in [-0.15, -0.1) is 34.0 Å². The fourth-order valence-electron chi connectivity index (χ4n) is 3.47. The van der Waals surface area contributed by atoms with E-state index in [1.54, 1.807) is 34.0 Å². The fraction of sp³-hybridized carbons (Fsp3) is 0.320. The second kappa shape index (κ2) is 11.0. The standard InChI is InChI=1S/C25H26OS5/c1-3-5-7-17-13-15-27-19(17)9-11-21-23-24(31-25(26)30-23)22(29-21)12-10-20-18(8-6-4-2)14-16-28-20/h9-16H,3-8H2,1-2H3/b11-9+,12-10+. The molecule has 0 aliphatic rings. The van der Waals surface area contributed by atoms with Gasteiger partial charge in [0.2, 0.25) is 0 Å². The van der Waals surface area contributed by atoms with Gasteiger partial charge in [0, 0.05) is 19.5 Å². The van der Waals surface area contributed by atoms with Gasteiger partial charge >= 0.3 is 0 Å². The van der Waals surface area contributed by atoms with E-state index in [-0.39, 0.29) is 4.06 Å². The zero-order valence-corrected chi connectivity index (χ0v) is 21.9. The zero-order valence-electron chi connectivity index (χ0n) is 17.8. The topological polar surface area (TPSA) is 17.1 Å². The summed E-state index contributed by atoms with van der Waals surface area (Å²) in [5, 5.41) is 4.37. The van der Waals surface area contributed by atoms with Crippen LogP contribution in [0.3, 0.4) is 0 Å². The highest BCUT2D eigenvalue weighted by atomic mass is 32.2. The van der Waals surface area contributed by atoms with Crippen LogP contribution in [0.5, 0.6) is 0 Å². The van der Waals surface area contributed by atoms with Crippen molar-refractivity contribution in [2.24, 2.45) is 0 Å². The van der Waals surface area contributed by atoms with Gasteiger partial charge in [-0.1, -0.05) is 49.4 Å². The minimum absolute atomic E-state index is 0.182. The lowest BCUT2D eigenvalue weighted by Crippen LogP contribution is -1.83. The Hall–Kier alpha value is -1.31. The highest BCUT2D eigenvalue weighted by Crippen LogP contribution is 2.39. The van der Waals surface area contributed by atoms with Gasteiger partial charge in [0.25, 0.3) is 4.06 Å². The summed E-state index contributed by atoms with van der Waals surface area (Å²) in [4.78, 5) is 17.2. The maximum absolute atomic E-state index is 12.2. The maximum atomic E-state index is 12.2. The van der Waals surface area contributed by atoms with Crippen molar-refractivity contribution >= 4 is 90.4 Å². The molecule has 4 aromatic rings. The van der Waals surface area contributed by atoms with Gasteiger partial charge in [0.05, 0.1) is 9.40 Å². The van der Waals surface area contributed by atoms with Crippen LogP contribution in [0, 0.1) is 0 Å². The van der Waals surface area contributed by atoms with E-state index >= 15 is 0 Å². The number of hydrogen-bond donors (Lipinski definition) is 0. The van der Waals surface area contributed by atoms with Gasteiger partial charge < -0.3 is 0 Å². The van der Waals surface area contributed by atoms with Crippen LogP contribution < -0.4 is 4.06 Å². The maximum Gasteiger partial charge on any atom is 0.288 e. The second-order valence-corrected chi connectivity index (χ2v) is 12.6. The first-order chi connectivity index (χ1) is 15.2. The summed E-state index contributed by atoms with van der Waals surface area (Å²) in [6, 6.07) is 4.50. The molecule has 0 unspecified atom stereocenters. The Balaban J connectivity index is 1.62. The van der Waals surface area contributed by atoms with Crippen molar-refractivity contribution in [3.05, 3.63) is 62.4 Å². The number of fused-ring (bicyclic) bond motifs is 1. The van der Waals surface area contributed by atoms with Gasteiger partial charge in [-0.25, -0.2) is 0 Å². The number of thiophene rings is 3. The van der Waals surface area contributed by atoms with E-state index in [9.17, 15) is 4.79 Å². The molecule has 0 aliphatic heterocycles. The summed E-state index contributed by atoms with van der Waals surface area (Å²) < 4.78 is 2.46. The summed E-state index contributed by atoms with van der Waals surface area (Å²) >= 11 is 8.18. The predicted octanol–water partition coefficient (Wildman–Crippen LogP) is 9.53. The molecular formula is C25H26OS5. The Morgan fingerprint density at radius 2 is 1.13 bits per heavy atom. The zero-order chi connectivity index (χ0) is 21.6. The molecule has 31 heavy (non-hydrogen) atoms. The minimum Gasteiger partial charge on any atom is -0.265 e. The van der Waals surface area contributed by atoms with Crippen LogP contribution in [0.4, 0.5) is 0 Å². The van der Waals surface area contributed by atoms with E-state index in [0.29, 0.717) is 0 Å². The van der Waals surface area contributed by atoms with E-state index in [0.717, 1.165) is 22.2 Å². The number of hydrogen-bond acceptors (Lipinski definition) is 6. The SMILES string of the molecule is CCCCc1ccsc1/C=C/c1sc(/C=C/c2sccc2CCCC)c2sc(=O)sc12. The molecule has 0 aliphatic carbocycles. The number of rotatable bonds is 10. The monoisotopic (exact) mass is 502 g/mol. The molecule has 0 fully saturated rings. The highest BCUT2D eigenvalue weighted by Gasteiger charge is 2.13. The van der Waals surface area contributed by atoms with Crippen molar-refractivity contribution in [2.45, 2.75) is 52.4 Å². The molecule has 1 nitrogen and oxygen atoms in total. The average molecular weight is 503 g/mol. The first-order valence-corrected chi connectivity index (χ1v) is 15.0. The van der Waals surface area contributed by atoms with Gasteiger partial charge in [0.1, 0.15) is 0 Å². The van der Waals surface area contributed by atoms with Crippen molar-refractivity contribution in [3.8, 4) is 0 Å². The van der Waals surface area contributed by atoms with Crippen LogP contribution in [-0.4, -0.2) is 0 Å². The van der Waals surface area contributed by atoms with Crippen molar-refractivity contribution in [1.82, 2.24) is 0 Å². The Bertz CT molecular complexity index is 1150. The molecule has 6 heteroatoms. The fourth-order valence-corrected chi connectivity index (χ4v) is 8.69. The lowest BCUT2D eigenvalue weighted by molar-refractivity contribution is 0.796. The highest BCUT2D eigenvalue weighted by molar-refractivity contribution is 7.39. The molecule has 0 aromatic carbocycles. The van der Waals surface area contributed by atoms with E-state index in [1.165, 1.54) is 79.0 Å². The van der Waals surface area contributed by atoms with Crippen molar-refractivity contribution in [3.63, 3.8) is 0 Å². The molecule has 0 N–H and O–H groups in total. The van der Waals surface area contributed by atoms with E-state index < -0.39 is 0 Å². The smallest absolute Gasteiger partial charge is 0.265 e. The van der Waals surface area contributed by atoms with Crippen molar-refractivity contribution in [2.75, 3.05) is 0 Å². The molecule has 0 bridgehead atoms. The van der Waals surface area contributed by atoms with Crippen LogP contribution in [0.1, 0.15) is 70.2 Å². The molecule has 4 heterocycles. The van der Waals surface area contributed by atoms with Crippen LogP contribution >= 0.6 is 56.7 Å². The van der Waals surface area contributed by atoms with E-state index in [4.69, 9.17) is 0 Å². The molecule has 0 atom stereocenters. The lowest BCUT2D eigenvalue weighted by atomic mass is 10.1. The summed E-state index contributed by atoms with van der Waals surface area (Å²) in [7, 11) is 0. The van der Waals surface area contributed by atoms with Crippen LogP contribution in [0.2, 0.25) is 0 Å². The van der Waals surface area contributed by atoms with Gasteiger partial charge in [-0.3, -0.25) is 4.79 Å². The molecule has 0 saturated heterocycles. The molecule has 0 spiro atoms. The summed E-state index contributed by atoms with van der Waals surface area (Å²) in [5.74, 6) is 0. The van der Waals surface area contributed by atoms with E-state index in [1.807, 2.05) is 0 Å². The molecule has 0 radical (unpaired) electrons. The van der Waals surface area contributed by atoms with Crippen molar-refractivity contribution < 1.29 is 0 Å². The molecule has 0 amide bonds. The lowest BCUT2D eigenvalue weighted by Gasteiger charge is -1.98. The van der Waals surface area contributed by atoms with Gasteiger partial charge in [-0.05, 0) is 84.0 Å². The Morgan fingerprint density at radius 3 is 1.58 bits per heavy atom. The molecular weight excluding hydrogens is 477 g/mol. The Morgan fingerprint density at radius 1 is 0.677 bits per heavy atom. The molecule has 162 valence electrons. The number of unbranched alkanes of at least 4 members (excludes halogenated alkanes) is 2. The van der Waals surface area contributed by atoms with Crippen molar-refractivity contribution in [1.29, 1.82) is 0 Å². The molecule has 4 aromatic heterocycles. The summed E-state index contributed by atoms with van der Waals surface area (Å²) in [6.07, 6.45) is 16.1. The third-order valence-electron chi connectivity index (χ3n) is 5.18. The third kappa shape index (κ3) is 5.55. The first-order valence-electron chi connectivity index (χ1n) is 10.7. The third-order valence-corrected chi connectivity index (χ3v) is 10.6. The predicted molar refractivity (Wildman–Crippen MR) is 148 cm³/mol. The quantitative estimate of drug-likeness (QED) is 0.211. The Kier molecular flexibility index (Phi) is 8.13. The average Bonchev–Trinajstić information content (AvgIpc) is 3.53. The van der Waals surface area contributed by atoms with Gasteiger partial charge in [0.15, 0.2) is 0 Å². The Labute approximate surface area is 204 Å². The molecule has 4 rings (SSSR count). The van der Waals surface area contributed by atoms with Crippen LogP contribution in [0.25, 0.3) is 33.7 Å². The summed E-state index contributed by atoms with van der Waals surface area (Å²) in [6.45, 7) is 4.47. The number of aryl methyl sites for hydroxylation is 2. The minimum atomic E-state index is 0.182.